The molecule has 2 heterocycles. The molecule has 0 bridgehead atoms. The van der Waals surface area contributed by atoms with Crippen molar-refractivity contribution in [3.8, 4) is 5.69 Å². The van der Waals surface area contributed by atoms with E-state index in [9.17, 15) is 9.59 Å². The predicted octanol–water partition coefficient (Wildman–Crippen LogP) is 2.13. The van der Waals surface area contributed by atoms with Crippen molar-refractivity contribution in [2.24, 2.45) is 13.0 Å². The van der Waals surface area contributed by atoms with Crippen molar-refractivity contribution in [3.05, 3.63) is 46.4 Å². The molecule has 0 saturated carbocycles. The van der Waals surface area contributed by atoms with E-state index in [-0.39, 0.29) is 17.5 Å². The fourth-order valence-corrected chi connectivity index (χ4v) is 4.08. The van der Waals surface area contributed by atoms with Crippen molar-refractivity contribution < 1.29 is 4.79 Å². The summed E-state index contributed by atoms with van der Waals surface area (Å²) in [5.41, 5.74) is 1.67. The highest BCUT2D eigenvalue weighted by Crippen LogP contribution is 2.22. The average molecular weight is 400 g/mol. The molecule has 1 aliphatic rings. The third-order valence-electron chi connectivity index (χ3n) is 6.18. The van der Waals surface area contributed by atoms with Crippen molar-refractivity contribution in [3.63, 3.8) is 0 Å². The number of benzene rings is 1. The standard InChI is InChI=1S/C22H33N5O2/c1-16-20(22(29)27(25(16)4)19-8-6-5-7-9-19)24-21(28)17(2)26-14-11-18(12-15-26)10-13-23-3/h5-9,17-18,23H,10-15H2,1-4H3,(H,24,28). The number of hydrogen-bond acceptors (Lipinski definition) is 4. The van der Waals surface area contributed by atoms with Crippen LogP contribution in [-0.4, -0.2) is 52.9 Å². The van der Waals surface area contributed by atoms with Crippen LogP contribution >= 0.6 is 0 Å². The molecule has 7 nitrogen and oxygen atoms in total. The number of likely N-dealkylation sites (tertiary alicyclic amines) is 1. The van der Waals surface area contributed by atoms with Crippen molar-refractivity contribution >= 4 is 11.6 Å². The van der Waals surface area contributed by atoms with E-state index in [0.717, 1.165) is 49.8 Å². The Morgan fingerprint density at radius 1 is 1.21 bits per heavy atom. The van der Waals surface area contributed by atoms with E-state index < -0.39 is 0 Å². The van der Waals surface area contributed by atoms with Crippen LogP contribution in [0.1, 0.15) is 31.9 Å². The van der Waals surface area contributed by atoms with Gasteiger partial charge in [0.1, 0.15) is 5.69 Å². The number of nitrogens with zero attached hydrogens (tertiary/aromatic N) is 3. The number of hydrogen-bond donors (Lipinski definition) is 2. The monoisotopic (exact) mass is 399 g/mol. The van der Waals surface area contributed by atoms with Gasteiger partial charge in [0, 0.05) is 7.05 Å². The van der Waals surface area contributed by atoms with E-state index in [1.54, 1.807) is 9.36 Å². The van der Waals surface area contributed by atoms with Crippen LogP contribution in [0.2, 0.25) is 0 Å². The minimum absolute atomic E-state index is 0.121. The Labute approximate surface area is 172 Å². The molecule has 1 unspecified atom stereocenters. The molecule has 7 heteroatoms. The molecule has 1 amide bonds. The first-order valence-corrected chi connectivity index (χ1v) is 10.5. The zero-order chi connectivity index (χ0) is 21.0. The molecule has 29 heavy (non-hydrogen) atoms. The summed E-state index contributed by atoms with van der Waals surface area (Å²) < 4.78 is 3.37. The lowest BCUT2D eigenvalue weighted by atomic mass is 9.93. The second kappa shape index (κ2) is 9.41. The van der Waals surface area contributed by atoms with E-state index in [2.05, 4.69) is 15.5 Å². The van der Waals surface area contributed by atoms with E-state index >= 15 is 0 Å². The Morgan fingerprint density at radius 3 is 2.48 bits per heavy atom. The molecule has 158 valence electrons. The summed E-state index contributed by atoms with van der Waals surface area (Å²) in [6.07, 6.45) is 3.42. The van der Waals surface area contributed by atoms with Crippen molar-refractivity contribution in [1.29, 1.82) is 0 Å². The van der Waals surface area contributed by atoms with Gasteiger partial charge < -0.3 is 10.6 Å². The molecule has 0 radical (unpaired) electrons. The fraction of sp³-hybridized carbons (Fsp3) is 0.545. The lowest BCUT2D eigenvalue weighted by Crippen LogP contribution is -2.46. The minimum atomic E-state index is -0.260. The molecule has 1 aliphatic heterocycles. The number of carbonyl (C=O) groups is 1. The maximum absolute atomic E-state index is 13.0. The summed E-state index contributed by atoms with van der Waals surface area (Å²) in [5, 5.41) is 6.12. The molecular weight excluding hydrogens is 366 g/mol. The summed E-state index contributed by atoms with van der Waals surface area (Å²) in [6, 6.07) is 9.20. The zero-order valence-corrected chi connectivity index (χ0v) is 17.9. The molecule has 0 spiro atoms. The number of aromatic nitrogens is 2. The van der Waals surface area contributed by atoms with Gasteiger partial charge in [-0.25, -0.2) is 4.68 Å². The van der Waals surface area contributed by atoms with Crippen molar-refractivity contribution in [2.45, 2.75) is 39.2 Å². The van der Waals surface area contributed by atoms with Gasteiger partial charge in [0.15, 0.2) is 0 Å². The Kier molecular flexibility index (Phi) is 6.92. The Bertz CT molecular complexity index is 879. The number of amides is 1. The number of piperidine rings is 1. The highest BCUT2D eigenvalue weighted by molar-refractivity contribution is 5.95. The Hall–Kier alpha value is -2.38. The zero-order valence-electron chi connectivity index (χ0n) is 17.9. The van der Waals surface area contributed by atoms with Crippen LogP contribution in [0.3, 0.4) is 0 Å². The Morgan fingerprint density at radius 2 is 1.86 bits per heavy atom. The van der Waals surface area contributed by atoms with Crippen LogP contribution in [0.4, 0.5) is 5.69 Å². The number of carbonyl (C=O) groups excluding carboxylic acids is 1. The van der Waals surface area contributed by atoms with Gasteiger partial charge in [0.2, 0.25) is 5.91 Å². The van der Waals surface area contributed by atoms with Crippen LogP contribution in [0.15, 0.2) is 35.1 Å². The number of nitrogens with one attached hydrogen (secondary N) is 2. The quantitative estimate of drug-likeness (QED) is 0.748. The lowest BCUT2D eigenvalue weighted by Gasteiger charge is -2.35. The number of para-hydroxylation sites is 1. The van der Waals surface area contributed by atoms with E-state index in [1.165, 1.54) is 6.42 Å². The molecule has 1 aromatic carbocycles. The molecule has 1 atom stereocenters. The first kappa shape index (κ1) is 21.3. The predicted molar refractivity (Wildman–Crippen MR) is 117 cm³/mol. The first-order chi connectivity index (χ1) is 13.9. The van der Waals surface area contributed by atoms with Gasteiger partial charge in [-0.3, -0.25) is 19.2 Å². The minimum Gasteiger partial charge on any atom is -0.320 e. The third-order valence-corrected chi connectivity index (χ3v) is 6.18. The first-order valence-electron chi connectivity index (χ1n) is 10.5. The fourth-order valence-electron chi connectivity index (χ4n) is 4.08. The van der Waals surface area contributed by atoms with E-state index in [4.69, 9.17) is 0 Å². The molecule has 1 saturated heterocycles. The van der Waals surface area contributed by atoms with Gasteiger partial charge in [0.25, 0.3) is 5.56 Å². The summed E-state index contributed by atoms with van der Waals surface area (Å²) in [4.78, 5) is 28.1. The third kappa shape index (κ3) is 4.62. The second-order valence-electron chi connectivity index (χ2n) is 7.97. The second-order valence-corrected chi connectivity index (χ2v) is 7.97. The SMILES string of the molecule is CNCCC1CCN(C(C)C(=O)Nc2c(C)n(C)n(-c3ccccc3)c2=O)CC1. The lowest BCUT2D eigenvalue weighted by molar-refractivity contribution is -0.121. The smallest absolute Gasteiger partial charge is 0.295 e. The van der Waals surface area contributed by atoms with Crippen molar-refractivity contribution in [1.82, 2.24) is 19.6 Å². The summed E-state index contributed by atoms with van der Waals surface area (Å²) >= 11 is 0. The highest BCUT2D eigenvalue weighted by Gasteiger charge is 2.28. The number of rotatable bonds is 7. The number of anilines is 1. The largest absolute Gasteiger partial charge is 0.320 e. The van der Waals surface area contributed by atoms with Crippen LogP contribution in [0.25, 0.3) is 5.69 Å². The van der Waals surface area contributed by atoms with Crippen LogP contribution < -0.4 is 16.2 Å². The molecule has 2 aromatic rings. The Balaban J connectivity index is 1.69. The molecule has 3 rings (SSSR count). The summed E-state index contributed by atoms with van der Waals surface area (Å²) in [5.74, 6) is 0.605. The van der Waals surface area contributed by atoms with Gasteiger partial charge in [-0.1, -0.05) is 18.2 Å². The normalized spacial score (nSPS) is 16.7. The van der Waals surface area contributed by atoms with Gasteiger partial charge in [0.05, 0.1) is 17.4 Å². The van der Waals surface area contributed by atoms with Crippen molar-refractivity contribution in [2.75, 3.05) is 32.0 Å². The molecule has 0 aliphatic carbocycles. The van der Waals surface area contributed by atoms with Gasteiger partial charge in [-0.15, -0.1) is 0 Å². The van der Waals surface area contributed by atoms with Crippen LogP contribution in [-0.2, 0) is 11.8 Å². The van der Waals surface area contributed by atoms with Gasteiger partial charge in [-0.2, -0.15) is 0 Å². The molecule has 1 aromatic heterocycles. The summed E-state index contributed by atoms with van der Waals surface area (Å²) in [6.45, 7) is 6.67. The van der Waals surface area contributed by atoms with Gasteiger partial charge >= 0.3 is 0 Å². The maximum Gasteiger partial charge on any atom is 0.295 e. The maximum atomic E-state index is 13.0. The molecule has 1 fully saturated rings. The van der Waals surface area contributed by atoms with Crippen LogP contribution in [0, 0.1) is 12.8 Å². The molecule has 2 N–H and O–H groups in total. The van der Waals surface area contributed by atoms with Crippen LogP contribution in [0.5, 0.6) is 0 Å². The summed E-state index contributed by atoms with van der Waals surface area (Å²) in [7, 11) is 3.82. The molecular formula is C22H33N5O2. The average Bonchev–Trinajstić information content (AvgIpc) is 2.95. The topological polar surface area (TPSA) is 71.3 Å². The highest BCUT2D eigenvalue weighted by atomic mass is 16.2. The van der Waals surface area contributed by atoms with Gasteiger partial charge in [-0.05, 0) is 77.8 Å². The van der Waals surface area contributed by atoms with E-state index in [0.29, 0.717) is 5.69 Å². The van der Waals surface area contributed by atoms with E-state index in [1.807, 2.05) is 58.3 Å².